The van der Waals surface area contributed by atoms with Gasteiger partial charge in [0.05, 0.1) is 0 Å². The van der Waals surface area contributed by atoms with Crippen LogP contribution in [-0.2, 0) is 0 Å². The number of amides is 4. The van der Waals surface area contributed by atoms with Crippen molar-refractivity contribution in [2.75, 3.05) is 10.6 Å². The van der Waals surface area contributed by atoms with Gasteiger partial charge in [0.2, 0.25) is 0 Å². The molecule has 1 aromatic carbocycles. The molecule has 6 heterocycles. The first-order valence-corrected chi connectivity index (χ1v) is 11.7. The third kappa shape index (κ3) is 5.22. The first kappa shape index (κ1) is 23.2. The fourth-order valence-corrected chi connectivity index (χ4v) is 4.30. The number of pyridine rings is 2. The van der Waals surface area contributed by atoms with Crippen LogP contribution in [0, 0.1) is 0 Å². The molecular weight excluding hydrogens is 460 g/mol. The van der Waals surface area contributed by atoms with Crippen molar-refractivity contribution < 1.29 is 19.2 Å². The van der Waals surface area contributed by atoms with Crippen molar-refractivity contribution >= 4 is 35.0 Å². The highest BCUT2D eigenvalue weighted by Gasteiger charge is 2.25. The van der Waals surface area contributed by atoms with E-state index in [-0.39, 0.29) is 46.7 Å². The maximum Gasteiger partial charge on any atom is 0.274 e. The zero-order valence-electron chi connectivity index (χ0n) is 19.3. The highest BCUT2D eigenvalue weighted by atomic mass is 16.2. The van der Waals surface area contributed by atoms with Crippen LogP contribution >= 0.6 is 0 Å². The topological polar surface area (TPSA) is 142 Å². The molecule has 0 atom stereocenters. The maximum atomic E-state index is 12.8. The van der Waals surface area contributed by atoms with Gasteiger partial charge in [-0.3, -0.25) is 19.2 Å². The normalized spacial score (nSPS) is 20.3. The number of hydrogen-bond acceptors (Lipinski definition) is 6. The van der Waals surface area contributed by atoms with Gasteiger partial charge in [0.25, 0.3) is 23.6 Å². The van der Waals surface area contributed by atoms with Gasteiger partial charge in [-0.15, -0.1) is 0 Å². The molecule has 8 bridgehead atoms. The Balaban J connectivity index is 1.43. The van der Waals surface area contributed by atoms with Gasteiger partial charge >= 0.3 is 0 Å². The Bertz CT molecular complexity index is 1230. The third-order valence-electron chi connectivity index (χ3n) is 6.23. The molecule has 8 rings (SSSR count). The highest BCUT2D eigenvalue weighted by Crippen LogP contribution is 2.20. The van der Waals surface area contributed by atoms with Gasteiger partial charge in [0.15, 0.2) is 0 Å². The summed E-state index contributed by atoms with van der Waals surface area (Å²) in [5.41, 5.74) is 1.52. The summed E-state index contributed by atoms with van der Waals surface area (Å²) in [5.74, 6) is -1.61. The molecule has 2 aromatic heterocycles. The lowest BCUT2D eigenvalue weighted by atomic mass is 9.91. The van der Waals surface area contributed by atoms with Crippen molar-refractivity contribution in [1.82, 2.24) is 20.6 Å². The lowest BCUT2D eigenvalue weighted by molar-refractivity contribution is 0.0886. The average molecular weight is 485 g/mol. The molecule has 0 saturated heterocycles. The first-order chi connectivity index (χ1) is 17.4. The maximum absolute atomic E-state index is 12.8. The average Bonchev–Trinajstić information content (AvgIpc) is 2.90. The number of nitrogens with one attached hydrogen (secondary N) is 4. The van der Waals surface area contributed by atoms with Gasteiger partial charge in [-0.05, 0) is 74.2 Å². The molecule has 3 aromatic rings. The Hall–Kier alpha value is -4.60. The summed E-state index contributed by atoms with van der Waals surface area (Å²) in [6.07, 6.45) is 2.73. The Morgan fingerprint density at radius 1 is 0.500 bits per heavy atom. The van der Waals surface area contributed by atoms with Crippen LogP contribution in [0.25, 0.3) is 0 Å². The van der Waals surface area contributed by atoms with Crippen LogP contribution in [0.3, 0.4) is 0 Å². The molecule has 36 heavy (non-hydrogen) atoms. The number of carbonyl (C=O) groups excluding carboxylic acids is 4. The van der Waals surface area contributed by atoms with Crippen LogP contribution in [0.2, 0.25) is 0 Å². The van der Waals surface area contributed by atoms with Crippen molar-refractivity contribution in [2.45, 2.75) is 37.8 Å². The summed E-state index contributed by atoms with van der Waals surface area (Å²) in [7, 11) is 0. The summed E-state index contributed by atoms with van der Waals surface area (Å²) >= 11 is 0. The number of rotatable bonds is 0. The second-order valence-corrected chi connectivity index (χ2v) is 8.80. The molecule has 10 heteroatoms. The first-order valence-electron chi connectivity index (χ1n) is 11.7. The molecule has 10 nitrogen and oxygen atoms in total. The minimum absolute atomic E-state index is 0.0635. The van der Waals surface area contributed by atoms with Gasteiger partial charge < -0.3 is 21.3 Å². The van der Waals surface area contributed by atoms with E-state index >= 15 is 0 Å². The number of hydrogen-bond donors (Lipinski definition) is 4. The van der Waals surface area contributed by atoms with Gasteiger partial charge in [-0.2, -0.15) is 0 Å². The largest absolute Gasteiger partial charge is 0.348 e. The SMILES string of the molecule is O=C1Nc2ccc(cc2)NC(=O)c2cccc(n2)C(=O)NC2CCC(CC2)NC(=O)c2cccc1n2. The van der Waals surface area contributed by atoms with Gasteiger partial charge in [0, 0.05) is 23.5 Å². The van der Waals surface area contributed by atoms with Crippen molar-refractivity contribution in [3.63, 3.8) is 0 Å². The van der Waals surface area contributed by atoms with E-state index in [2.05, 4.69) is 31.2 Å². The van der Waals surface area contributed by atoms with E-state index in [0.29, 0.717) is 37.1 Å². The molecular formula is C26H24N6O4. The Labute approximate surface area is 206 Å². The third-order valence-corrected chi connectivity index (χ3v) is 6.23. The van der Waals surface area contributed by atoms with Crippen LogP contribution in [0.15, 0.2) is 60.7 Å². The number of aromatic nitrogens is 2. The number of nitrogens with zero attached hydrogens (tertiary/aromatic N) is 2. The van der Waals surface area contributed by atoms with Gasteiger partial charge in [-0.1, -0.05) is 12.1 Å². The smallest absolute Gasteiger partial charge is 0.274 e. The molecule has 0 spiro atoms. The van der Waals surface area contributed by atoms with E-state index in [1.807, 2.05) is 0 Å². The predicted octanol–water partition coefficient (Wildman–Crippen LogP) is 2.77. The number of carbonyl (C=O) groups is 4. The quantitative estimate of drug-likeness (QED) is 0.387. The molecule has 1 fully saturated rings. The fourth-order valence-electron chi connectivity index (χ4n) is 4.30. The van der Waals surface area contributed by atoms with E-state index in [4.69, 9.17) is 0 Å². The predicted molar refractivity (Wildman–Crippen MR) is 132 cm³/mol. The molecule has 0 unspecified atom stereocenters. The fraction of sp³-hybridized carbons (Fsp3) is 0.231. The summed E-state index contributed by atoms with van der Waals surface area (Å²) in [6, 6.07) is 15.8. The second kappa shape index (κ2) is 9.95. The van der Waals surface area contributed by atoms with E-state index in [1.165, 1.54) is 12.1 Å². The zero-order chi connectivity index (χ0) is 25.1. The zero-order valence-corrected chi connectivity index (χ0v) is 19.3. The minimum atomic E-state index is -0.458. The van der Waals surface area contributed by atoms with Crippen molar-refractivity contribution in [2.24, 2.45) is 0 Å². The lowest BCUT2D eigenvalue weighted by Gasteiger charge is -2.29. The Kier molecular flexibility index (Phi) is 6.40. The van der Waals surface area contributed by atoms with E-state index in [0.717, 1.165) is 0 Å². The molecule has 182 valence electrons. The Morgan fingerprint density at radius 2 is 0.833 bits per heavy atom. The van der Waals surface area contributed by atoms with Crippen molar-refractivity contribution in [3.05, 3.63) is 83.4 Å². The lowest BCUT2D eigenvalue weighted by Crippen LogP contribution is -2.44. The van der Waals surface area contributed by atoms with Crippen molar-refractivity contribution in [3.8, 4) is 0 Å². The number of benzene rings is 1. The molecule has 4 amide bonds. The monoisotopic (exact) mass is 484 g/mol. The van der Waals surface area contributed by atoms with E-state index in [1.54, 1.807) is 48.5 Å². The van der Waals surface area contributed by atoms with Crippen LogP contribution in [0.1, 0.15) is 67.6 Å². The summed E-state index contributed by atoms with van der Waals surface area (Å²) in [4.78, 5) is 59.4. The van der Waals surface area contributed by atoms with Gasteiger partial charge in [-0.25, -0.2) is 9.97 Å². The number of anilines is 2. The summed E-state index contributed by atoms with van der Waals surface area (Å²) in [6.45, 7) is 0. The van der Waals surface area contributed by atoms with Crippen molar-refractivity contribution in [1.29, 1.82) is 0 Å². The standard InChI is InChI=1S/C26H24N6O4/c33-23-19-3-1-4-20(31-19)24(34)28-16-9-13-18(14-10-16)30-26(36)22-6-2-5-21(32-22)25(35)29-17-11-7-15(27-23)8-12-17/h1-8,11-12,16,18H,9-10,13-14H2,(H,27,33)(H,28,34)(H,29,35)(H,30,36). The molecule has 1 aliphatic carbocycles. The molecule has 5 aliphatic rings. The second-order valence-electron chi connectivity index (χ2n) is 8.80. The van der Waals surface area contributed by atoms with E-state index in [9.17, 15) is 19.2 Å². The van der Waals surface area contributed by atoms with E-state index < -0.39 is 11.8 Å². The van der Waals surface area contributed by atoms with Crippen LogP contribution in [-0.4, -0.2) is 45.7 Å². The van der Waals surface area contributed by atoms with Crippen LogP contribution < -0.4 is 21.3 Å². The molecule has 4 N–H and O–H groups in total. The summed E-state index contributed by atoms with van der Waals surface area (Å²) in [5, 5.41) is 11.4. The molecule has 1 saturated carbocycles. The highest BCUT2D eigenvalue weighted by molar-refractivity contribution is 6.05. The molecule has 4 aliphatic heterocycles. The summed E-state index contributed by atoms with van der Waals surface area (Å²) < 4.78 is 0. The molecule has 0 radical (unpaired) electrons. The Morgan fingerprint density at radius 3 is 1.19 bits per heavy atom. The minimum Gasteiger partial charge on any atom is -0.348 e. The van der Waals surface area contributed by atoms with Crippen LogP contribution in [0.4, 0.5) is 11.4 Å². The van der Waals surface area contributed by atoms with Gasteiger partial charge in [0.1, 0.15) is 22.8 Å². The van der Waals surface area contributed by atoms with Crippen LogP contribution in [0.5, 0.6) is 0 Å².